The summed E-state index contributed by atoms with van der Waals surface area (Å²) < 4.78 is 0. The Hall–Kier alpha value is -1.28. The van der Waals surface area contributed by atoms with E-state index < -0.39 is 0 Å². The second-order valence-electron chi connectivity index (χ2n) is 6.28. The molecule has 0 amide bonds. The molecule has 1 aliphatic rings. The van der Waals surface area contributed by atoms with Crippen LogP contribution in [0.1, 0.15) is 26.3 Å². The molecule has 2 heteroatoms. The van der Waals surface area contributed by atoms with Crippen molar-refractivity contribution in [2.75, 3.05) is 7.05 Å². The third-order valence-corrected chi connectivity index (χ3v) is 3.70. The number of nitrogens with zero attached hydrogens (tertiary/aromatic N) is 1. The van der Waals surface area contributed by atoms with E-state index >= 15 is 0 Å². The summed E-state index contributed by atoms with van der Waals surface area (Å²) >= 11 is 0. The van der Waals surface area contributed by atoms with Crippen LogP contribution in [-0.4, -0.2) is 24.2 Å². The lowest BCUT2D eigenvalue weighted by atomic mass is 9.92. The SMILES string of the molecule is C=C1C(Cc2ccccc2)NC(C(C)(C)C)N1C. The van der Waals surface area contributed by atoms with Gasteiger partial charge in [-0.25, -0.2) is 0 Å². The maximum atomic E-state index is 4.24. The van der Waals surface area contributed by atoms with Gasteiger partial charge in [-0.2, -0.15) is 0 Å². The van der Waals surface area contributed by atoms with Crippen LogP contribution >= 0.6 is 0 Å². The summed E-state index contributed by atoms with van der Waals surface area (Å²) in [4.78, 5) is 2.29. The molecule has 98 valence electrons. The molecule has 18 heavy (non-hydrogen) atoms. The molecule has 1 N–H and O–H groups in total. The molecule has 0 spiro atoms. The summed E-state index contributed by atoms with van der Waals surface area (Å²) in [5.41, 5.74) is 2.77. The van der Waals surface area contributed by atoms with Crippen molar-refractivity contribution in [3.8, 4) is 0 Å². The second kappa shape index (κ2) is 4.77. The lowest BCUT2D eigenvalue weighted by Gasteiger charge is -2.33. The third kappa shape index (κ3) is 2.59. The van der Waals surface area contributed by atoms with Crippen molar-refractivity contribution in [2.45, 2.75) is 39.4 Å². The van der Waals surface area contributed by atoms with E-state index in [1.54, 1.807) is 0 Å². The quantitative estimate of drug-likeness (QED) is 0.860. The lowest BCUT2D eigenvalue weighted by Crippen LogP contribution is -2.45. The maximum Gasteiger partial charge on any atom is 0.0844 e. The molecule has 1 aromatic carbocycles. The molecule has 1 aliphatic heterocycles. The van der Waals surface area contributed by atoms with Crippen molar-refractivity contribution in [1.29, 1.82) is 0 Å². The van der Waals surface area contributed by atoms with Crippen LogP contribution in [0.4, 0.5) is 0 Å². The van der Waals surface area contributed by atoms with Crippen LogP contribution in [0.5, 0.6) is 0 Å². The molecule has 1 fully saturated rings. The first-order valence-corrected chi connectivity index (χ1v) is 6.61. The molecule has 1 saturated heterocycles. The molecule has 0 radical (unpaired) electrons. The van der Waals surface area contributed by atoms with Crippen molar-refractivity contribution < 1.29 is 0 Å². The van der Waals surface area contributed by atoms with Gasteiger partial charge in [0.15, 0.2) is 0 Å². The minimum atomic E-state index is 0.211. The largest absolute Gasteiger partial charge is 0.361 e. The van der Waals surface area contributed by atoms with E-state index in [9.17, 15) is 0 Å². The van der Waals surface area contributed by atoms with E-state index in [0.29, 0.717) is 12.2 Å². The smallest absolute Gasteiger partial charge is 0.0844 e. The average molecular weight is 244 g/mol. The monoisotopic (exact) mass is 244 g/mol. The summed E-state index contributed by atoms with van der Waals surface area (Å²) in [6, 6.07) is 11.0. The Morgan fingerprint density at radius 1 is 1.22 bits per heavy atom. The molecule has 1 heterocycles. The first-order valence-electron chi connectivity index (χ1n) is 6.61. The van der Waals surface area contributed by atoms with Crippen molar-refractivity contribution in [1.82, 2.24) is 10.2 Å². The zero-order valence-electron chi connectivity index (χ0n) is 11.9. The average Bonchev–Trinajstić information content (AvgIpc) is 2.58. The highest BCUT2D eigenvalue weighted by Crippen LogP contribution is 2.31. The minimum Gasteiger partial charge on any atom is -0.361 e. The van der Waals surface area contributed by atoms with Gasteiger partial charge in [-0.05, 0) is 17.4 Å². The van der Waals surface area contributed by atoms with Crippen LogP contribution in [0.3, 0.4) is 0 Å². The van der Waals surface area contributed by atoms with Crippen molar-refractivity contribution >= 4 is 0 Å². The van der Waals surface area contributed by atoms with Crippen molar-refractivity contribution in [3.63, 3.8) is 0 Å². The van der Waals surface area contributed by atoms with Crippen LogP contribution in [-0.2, 0) is 6.42 Å². The standard InChI is InChI=1S/C16H24N2/c1-12-14(11-13-9-7-6-8-10-13)17-15(18(12)5)16(2,3)4/h6-10,14-15,17H,1,11H2,2-5H3. The van der Waals surface area contributed by atoms with E-state index in [2.05, 4.69) is 74.9 Å². The Morgan fingerprint density at radius 2 is 1.83 bits per heavy atom. The predicted molar refractivity (Wildman–Crippen MR) is 77.2 cm³/mol. The minimum absolute atomic E-state index is 0.211. The van der Waals surface area contributed by atoms with Gasteiger partial charge < -0.3 is 4.90 Å². The highest BCUT2D eigenvalue weighted by molar-refractivity contribution is 5.22. The summed E-state index contributed by atoms with van der Waals surface area (Å²) in [7, 11) is 2.14. The summed E-state index contributed by atoms with van der Waals surface area (Å²) in [5, 5.41) is 3.71. The van der Waals surface area contributed by atoms with Crippen LogP contribution in [0, 0.1) is 5.41 Å². The summed E-state index contributed by atoms with van der Waals surface area (Å²) in [5.74, 6) is 0. The normalized spacial score (nSPS) is 24.7. The van der Waals surface area contributed by atoms with Crippen LogP contribution < -0.4 is 5.32 Å². The molecular weight excluding hydrogens is 220 g/mol. The second-order valence-corrected chi connectivity index (χ2v) is 6.28. The van der Waals surface area contributed by atoms with Gasteiger partial charge in [-0.15, -0.1) is 0 Å². The van der Waals surface area contributed by atoms with E-state index in [1.807, 2.05) is 0 Å². The molecule has 2 atom stereocenters. The summed E-state index contributed by atoms with van der Waals surface area (Å²) in [6.45, 7) is 11.0. The van der Waals surface area contributed by atoms with E-state index in [0.717, 1.165) is 6.42 Å². The predicted octanol–water partition coefficient (Wildman–Crippen LogP) is 3.02. The molecule has 2 nitrogen and oxygen atoms in total. The van der Waals surface area contributed by atoms with E-state index in [1.165, 1.54) is 11.3 Å². The number of rotatable bonds is 2. The van der Waals surface area contributed by atoms with Crippen LogP contribution in [0.25, 0.3) is 0 Å². The fraction of sp³-hybridized carbons (Fsp3) is 0.500. The van der Waals surface area contributed by atoms with Crippen LogP contribution in [0.2, 0.25) is 0 Å². The first kappa shape index (κ1) is 13.2. The Bertz CT molecular complexity index is 416. The number of likely N-dealkylation sites (N-methyl/N-ethyl adjacent to an activating group) is 1. The topological polar surface area (TPSA) is 15.3 Å². The third-order valence-electron chi connectivity index (χ3n) is 3.70. The highest BCUT2D eigenvalue weighted by atomic mass is 15.3. The van der Waals surface area contributed by atoms with Gasteiger partial charge in [-0.1, -0.05) is 57.7 Å². The Kier molecular flexibility index (Phi) is 3.49. The molecule has 2 rings (SSSR count). The number of nitrogens with one attached hydrogen (secondary N) is 1. The van der Waals surface area contributed by atoms with Gasteiger partial charge in [0.1, 0.15) is 0 Å². The van der Waals surface area contributed by atoms with E-state index in [-0.39, 0.29) is 5.41 Å². The Balaban J connectivity index is 2.10. The molecule has 0 aromatic heterocycles. The molecule has 0 saturated carbocycles. The first-order chi connectivity index (χ1) is 8.39. The van der Waals surface area contributed by atoms with Crippen molar-refractivity contribution in [3.05, 3.63) is 48.2 Å². The molecule has 1 aromatic rings. The van der Waals surface area contributed by atoms with Gasteiger partial charge in [0.25, 0.3) is 0 Å². The molecule has 0 bridgehead atoms. The number of hydrogen-bond donors (Lipinski definition) is 1. The summed E-state index contributed by atoms with van der Waals surface area (Å²) in [6.07, 6.45) is 1.37. The van der Waals surface area contributed by atoms with Crippen molar-refractivity contribution in [2.24, 2.45) is 5.41 Å². The zero-order valence-corrected chi connectivity index (χ0v) is 11.9. The Morgan fingerprint density at radius 3 is 2.33 bits per heavy atom. The van der Waals surface area contributed by atoms with Gasteiger partial charge >= 0.3 is 0 Å². The molecular formula is C16H24N2. The Labute approximate surface area is 111 Å². The number of hydrogen-bond acceptors (Lipinski definition) is 2. The van der Waals surface area contributed by atoms with Gasteiger partial charge in [0.05, 0.1) is 12.2 Å². The highest BCUT2D eigenvalue weighted by Gasteiger charge is 2.38. The fourth-order valence-corrected chi connectivity index (χ4v) is 2.67. The number of benzene rings is 1. The fourth-order valence-electron chi connectivity index (χ4n) is 2.67. The molecule has 2 unspecified atom stereocenters. The van der Waals surface area contributed by atoms with Crippen LogP contribution in [0.15, 0.2) is 42.6 Å². The zero-order chi connectivity index (χ0) is 13.3. The van der Waals surface area contributed by atoms with E-state index in [4.69, 9.17) is 0 Å². The molecule has 0 aliphatic carbocycles. The maximum absolute atomic E-state index is 4.24. The van der Waals surface area contributed by atoms with Gasteiger partial charge in [0.2, 0.25) is 0 Å². The van der Waals surface area contributed by atoms with Gasteiger partial charge in [-0.3, -0.25) is 5.32 Å². The lowest BCUT2D eigenvalue weighted by molar-refractivity contribution is 0.166. The van der Waals surface area contributed by atoms with Gasteiger partial charge in [0, 0.05) is 12.7 Å².